The number of rotatable bonds is 10. The monoisotopic (exact) mass is 629 g/mol. The van der Waals surface area contributed by atoms with Gasteiger partial charge < -0.3 is 5.11 Å². The van der Waals surface area contributed by atoms with Crippen molar-refractivity contribution in [1.29, 1.82) is 0 Å². The van der Waals surface area contributed by atoms with Gasteiger partial charge in [0.1, 0.15) is 0 Å². The van der Waals surface area contributed by atoms with E-state index in [0.29, 0.717) is 19.3 Å². The first-order valence-electron chi connectivity index (χ1n) is 14.3. The van der Waals surface area contributed by atoms with Gasteiger partial charge in [0.2, 0.25) is 0 Å². The Hall–Kier alpha value is -2.46. The average Bonchev–Trinajstić information content (AvgIpc) is 3.51. The molecule has 2 aromatic rings. The van der Waals surface area contributed by atoms with Crippen LogP contribution in [0, 0.1) is 22.7 Å². The van der Waals surface area contributed by atoms with Crippen LogP contribution >= 0.6 is 23.2 Å². The maximum Gasteiger partial charge on any atom is 0.433 e. The minimum absolute atomic E-state index is 0.0220. The minimum Gasteiger partial charge on any atom is -0.481 e. The third-order valence-corrected chi connectivity index (χ3v) is 9.43. The van der Waals surface area contributed by atoms with Crippen molar-refractivity contribution in [1.82, 2.24) is 14.8 Å². The average molecular weight is 631 g/mol. The second-order valence-corrected chi connectivity index (χ2v) is 13.8. The zero-order chi connectivity index (χ0) is 31.0. The number of carbonyl (C=O) groups excluding carboxylic acids is 2. The molecule has 1 N–H and O–H groups in total. The van der Waals surface area contributed by atoms with Gasteiger partial charge in [-0.3, -0.25) is 24.0 Å². The summed E-state index contributed by atoms with van der Waals surface area (Å²) in [6.45, 7) is 5.95. The number of hydrogen-bond donors (Lipinski definition) is 1. The molecule has 2 heterocycles. The number of carbonyl (C=O) groups is 3. The van der Waals surface area contributed by atoms with E-state index in [-0.39, 0.29) is 77.2 Å². The Morgan fingerprint density at radius 3 is 2.33 bits per heavy atom. The summed E-state index contributed by atoms with van der Waals surface area (Å²) in [5.74, 6) is -2.43. The molecular formula is C30H36Cl2F3N3O4. The summed E-state index contributed by atoms with van der Waals surface area (Å²) in [6.07, 6.45) is 2.09. The van der Waals surface area contributed by atoms with Gasteiger partial charge in [-0.15, -0.1) is 0 Å². The number of ketones is 2. The van der Waals surface area contributed by atoms with E-state index in [1.165, 1.54) is 12.4 Å². The highest BCUT2D eigenvalue weighted by atomic mass is 35.5. The normalized spacial score (nSPS) is 23.4. The third-order valence-electron chi connectivity index (χ3n) is 8.86. The Morgan fingerprint density at radius 1 is 1.07 bits per heavy atom. The molecule has 0 radical (unpaired) electrons. The molecule has 0 amide bonds. The molecular weight excluding hydrogens is 594 g/mol. The van der Waals surface area contributed by atoms with Gasteiger partial charge in [-0.05, 0) is 62.2 Å². The lowest BCUT2D eigenvalue weighted by Crippen LogP contribution is -2.40. The van der Waals surface area contributed by atoms with Crippen molar-refractivity contribution in [2.45, 2.75) is 97.2 Å². The number of aromatic nitrogens is 3. The number of pyridine rings is 1. The van der Waals surface area contributed by atoms with Crippen LogP contribution in [-0.2, 0) is 11.0 Å². The minimum atomic E-state index is -4.83. The number of nitrogens with zero attached hydrogens (tertiary/aromatic N) is 3. The highest BCUT2D eigenvalue weighted by molar-refractivity contribution is 6.39. The Balaban J connectivity index is 1.53. The van der Waals surface area contributed by atoms with Crippen molar-refractivity contribution in [3.05, 3.63) is 45.5 Å². The second kappa shape index (κ2) is 12.3. The summed E-state index contributed by atoms with van der Waals surface area (Å²) >= 11 is 12.3. The Kier molecular flexibility index (Phi) is 9.48. The Bertz CT molecular complexity index is 1330. The van der Waals surface area contributed by atoms with Gasteiger partial charge in [-0.25, -0.2) is 0 Å². The molecule has 2 saturated carbocycles. The van der Waals surface area contributed by atoms with Crippen molar-refractivity contribution < 1.29 is 32.7 Å². The van der Waals surface area contributed by atoms with Gasteiger partial charge in [0.15, 0.2) is 17.3 Å². The van der Waals surface area contributed by atoms with Crippen molar-refractivity contribution in [3.8, 4) is 0 Å². The number of hydrogen-bond acceptors (Lipinski definition) is 5. The van der Waals surface area contributed by atoms with Gasteiger partial charge in [0.05, 0.1) is 38.8 Å². The first-order valence-corrected chi connectivity index (χ1v) is 15.0. The summed E-state index contributed by atoms with van der Waals surface area (Å²) in [4.78, 5) is 42.3. The SMILES string of the molecule is CC(C)(C)CC(CCC(=O)c1cnn(C2CCC3(C(=O)O)CCCC3C2)c1C(F)(F)F)CC(=O)c1c(Cl)cncc1Cl. The largest absolute Gasteiger partial charge is 0.481 e. The highest BCUT2D eigenvalue weighted by Gasteiger charge is 2.53. The van der Waals surface area contributed by atoms with E-state index < -0.39 is 40.6 Å². The van der Waals surface area contributed by atoms with Crippen LogP contribution in [0.3, 0.4) is 0 Å². The smallest absolute Gasteiger partial charge is 0.433 e. The van der Waals surface area contributed by atoms with Gasteiger partial charge in [-0.2, -0.15) is 18.3 Å². The van der Waals surface area contributed by atoms with Gasteiger partial charge in [0, 0.05) is 25.2 Å². The molecule has 4 rings (SSSR count). The first kappa shape index (κ1) is 32.5. The molecule has 2 fully saturated rings. The van der Waals surface area contributed by atoms with E-state index in [4.69, 9.17) is 23.2 Å². The van der Waals surface area contributed by atoms with E-state index >= 15 is 0 Å². The van der Waals surface area contributed by atoms with E-state index in [2.05, 4.69) is 10.1 Å². The van der Waals surface area contributed by atoms with Crippen LogP contribution in [0.1, 0.15) is 117 Å². The zero-order valence-corrected chi connectivity index (χ0v) is 25.5. The van der Waals surface area contributed by atoms with Crippen molar-refractivity contribution in [2.24, 2.45) is 22.7 Å². The molecule has 230 valence electrons. The number of carboxylic acid groups (broad SMARTS) is 1. The first-order chi connectivity index (χ1) is 19.5. The maximum atomic E-state index is 14.4. The molecule has 4 unspecified atom stereocenters. The predicted molar refractivity (Wildman–Crippen MR) is 152 cm³/mol. The fraction of sp³-hybridized carbons (Fsp3) is 0.633. The number of alkyl halides is 3. The van der Waals surface area contributed by atoms with E-state index in [0.717, 1.165) is 17.3 Å². The Morgan fingerprint density at radius 2 is 1.74 bits per heavy atom. The van der Waals surface area contributed by atoms with Crippen LogP contribution in [0.4, 0.5) is 13.2 Å². The van der Waals surface area contributed by atoms with Gasteiger partial charge in [-0.1, -0.05) is 50.4 Å². The van der Waals surface area contributed by atoms with Crippen molar-refractivity contribution in [3.63, 3.8) is 0 Å². The topological polar surface area (TPSA) is 102 Å². The van der Waals surface area contributed by atoms with Crippen LogP contribution in [0.15, 0.2) is 18.6 Å². The third kappa shape index (κ3) is 6.85. The van der Waals surface area contributed by atoms with E-state index in [9.17, 15) is 32.7 Å². The fourth-order valence-corrected chi connectivity index (χ4v) is 7.65. The number of carboxylic acids is 1. The standard InChI is InChI=1S/C30H36Cl2F3N3O4/c1-28(2,3)13-17(11-24(40)25-21(31)15-36-16-22(25)32)6-7-23(39)20-14-37-38(26(20)30(33,34)35)19-8-10-29(27(41)42)9-4-5-18(29)12-19/h14-19H,4-13H2,1-3H3,(H,41,42). The van der Waals surface area contributed by atoms with Crippen LogP contribution < -0.4 is 0 Å². The zero-order valence-electron chi connectivity index (χ0n) is 23.9. The lowest BCUT2D eigenvalue weighted by molar-refractivity contribution is -0.156. The quantitative estimate of drug-likeness (QED) is 0.264. The molecule has 0 aromatic carbocycles. The lowest BCUT2D eigenvalue weighted by Gasteiger charge is -2.40. The summed E-state index contributed by atoms with van der Waals surface area (Å²) in [7, 11) is 0. The van der Waals surface area contributed by atoms with Crippen LogP contribution in [0.2, 0.25) is 10.0 Å². The summed E-state index contributed by atoms with van der Waals surface area (Å²) in [5.41, 5.74) is -2.54. The lowest BCUT2D eigenvalue weighted by atomic mass is 9.67. The Labute approximate surface area is 253 Å². The molecule has 4 atom stereocenters. The molecule has 0 bridgehead atoms. The molecule has 0 spiro atoms. The van der Waals surface area contributed by atoms with E-state index in [1.807, 2.05) is 20.8 Å². The van der Waals surface area contributed by atoms with Crippen molar-refractivity contribution in [2.75, 3.05) is 0 Å². The maximum absolute atomic E-state index is 14.4. The molecule has 2 aliphatic rings. The van der Waals surface area contributed by atoms with E-state index in [1.54, 1.807) is 0 Å². The second-order valence-electron chi connectivity index (χ2n) is 13.0. The molecule has 7 nitrogen and oxygen atoms in total. The number of Topliss-reactive ketones (excluding diaryl/α,β-unsaturated/α-hetero) is 2. The molecule has 2 aliphatic carbocycles. The van der Waals surface area contributed by atoms with Crippen LogP contribution in [0.25, 0.3) is 0 Å². The number of halogens is 5. The number of aliphatic carboxylic acids is 1. The summed E-state index contributed by atoms with van der Waals surface area (Å²) < 4.78 is 44.1. The van der Waals surface area contributed by atoms with Gasteiger partial charge in [0.25, 0.3) is 0 Å². The van der Waals surface area contributed by atoms with Crippen LogP contribution in [-0.4, -0.2) is 37.4 Å². The number of fused-ring (bicyclic) bond motifs is 1. The van der Waals surface area contributed by atoms with Crippen LogP contribution in [0.5, 0.6) is 0 Å². The van der Waals surface area contributed by atoms with Gasteiger partial charge >= 0.3 is 12.1 Å². The highest BCUT2D eigenvalue weighted by Crippen LogP contribution is 2.55. The summed E-state index contributed by atoms with van der Waals surface area (Å²) in [6, 6.07) is -0.639. The molecule has 2 aromatic heterocycles. The molecule has 12 heteroatoms. The predicted octanol–water partition coefficient (Wildman–Crippen LogP) is 8.49. The molecule has 0 aliphatic heterocycles. The fourth-order valence-electron chi connectivity index (χ4n) is 7.08. The van der Waals surface area contributed by atoms with Crippen molar-refractivity contribution >= 4 is 40.7 Å². The molecule has 0 saturated heterocycles. The summed E-state index contributed by atoms with van der Waals surface area (Å²) in [5, 5.41) is 14.1. The molecule has 42 heavy (non-hydrogen) atoms.